The van der Waals surface area contributed by atoms with Gasteiger partial charge in [0.15, 0.2) is 0 Å². The molecule has 22 aromatic rings. The summed E-state index contributed by atoms with van der Waals surface area (Å²) >= 11 is 56.6. The minimum atomic E-state index is 0.722. The van der Waals surface area contributed by atoms with Crippen molar-refractivity contribution in [3.63, 3.8) is 0 Å². The summed E-state index contributed by atoms with van der Waals surface area (Å²) in [6, 6.07) is 94.2. The Morgan fingerprint density at radius 3 is 0.300 bits per heavy atom. The second-order valence-corrected chi connectivity index (χ2v) is 29.8. The van der Waals surface area contributed by atoms with Gasteiger partial charge in [-0.1, -0.05) is 287 Å². The lowest BCUT2D eigenvalue weighted by Gasteiger charge is -2.20. The number of fused-ring (bicyclic) bond motifs is 40. The highest BCUT2D eigenvalue weighted by Gasteiger charge is 2.25. The van der Waals surface area contributed by atoms with Crippen molar-refractivity contribution in [2.45, 2.75) is 0 Å². The molecule has 0 amide bonds. The lowest BCUT2D eigenvalue weighted by atomic mass is 9.84. The van der Waals surface area contributed by atoms with Crippen LogP contribution in [-0.2, 0) is 0 Å². The Labute approximate surface area is 610 Å². The average molecular weight is 1430 g/mol. The molecule has 468 valence electrons. The van der Waals surface area contributed by atoms with E-state index in [4.69, 9.17) is 92.8 Å². The van der Waals surface area contributed by atoms with E-state index in [-0.39, 0.29) is 0 Å². The van der Waals surface area contributed by atoms with Crippen LogP contribution in [0.4, 0.5) is 0 Å². The molecule has 0 saturated heterocycles. The molecule has 0 bridgehead atoms. The molecule has 8 heteroatoms. The first-order chi connectivity index (χ1) is 48.9. The van der Waals surface area contributed by atoms with E-state index in [0.29, 0.717) is 0 Å². The van der Waals surface area contributed by atoms with E-state index >= 15 is 0 Å². The smallest absolute Gasteiger partial charge is 0.0491 e. The number of hydrogen-bond acceptors (Lipinski definition) is 0. The molecule has 100 heavy (non-hydrogen) atoms. The number of hydrogen-bond donors (Lipinski definition) is 0. The van der Waals surface area contributed by atoms with Gasteiger partial charge >= 0.3 is 0 Å². The monoisotopic (exact) mass is 1430 g/mol. The van der Waals surface area contributed by atoms with Gasteiger partial charge in [-0.3, -0.25) is 0 Å². The maximum Gasteiger partial charge on any atom is 0.0491 e. The van der Waals surface area contributed by atoms with E-state index in [0.717, 1.165) is 213 Å². The average Bonchev–Trinajstić information content (AvgIpc) is 0.696. The predicted molar refractivity (Wildman–Crippen MR) is 443 cm³/mol. The number of benzene rings is 22. The van der Waals surface area contributed by atoms with Crippen LogP contribution >= 0.6 is 92.8 Å². The normalized spacial score (nSPS) is 12.4. The first kappa shape index (κ1) is 59.2. The second kappa shape index (κ2) is 21.9. The molecule has 0 heterocycles. The zero-order valence-corrected chi connectivity index (χ0v) is 58.5. The maximum absolute atomic E-state index is 7.08. The van der Waals surface area contributed by atoms with Crippen molar-refractivity contribution in [2.24, 2.45) is 0 Å². The summed E-state index contributed by atoms with van der Waals surface area (Å²) in [5.74, 6) is 0. The first-order valence-corrected chi connectivity index (χ1v) is 36.1. The third-order valence-electron chi connectivity index (χ3n) is 21.6. The van der Waals surface area contributed by atoms with Crippen LogP contribution < -0.4 is 0 Å². The lowest BCUT2D eigenvalue weighted by molar-refractivity contribution is 1.78. The van der Waals surface area contributed by atoms with Crippen LogP contribution in [0, 0.1) is 0 Å². The lowest BCUT2D eigenvalue weighted by Crippen LogP contribution is -1.92. The fourth-order valence-electron chi connectivity index (χ4n) is 17.5. The van der Waals surface area contributed by atoms with E-state index < -0.39 is 0 Å². The van der Waals surface area contributed by atoms with Gasteiger partial charge in [0.05, 0.1) is 0 Å². The van der Waals surface area contributed by atoms with Crippen molar-refractivity contribution in [3.8, 4) is 0 Å². The molecule has 0 aromatic heterocycles. The zero-order chi connectivity index (χ0) is 66.8. The van der Waals surface area contributed by atoms with Gasteiger partial charge in [0.2, 0.25) is 0 Å². The Morgan fingerprint density at radius 2 is 0.190 bits per heavy atom. The molecule has 0 aliphatic heterocycles. The molecule has 0 aliphatic rings. The summed E-state index contributed by atoms with van der Waals surface area (Å²) in [4.78, 5) is 0. The van der Waals surface area contributed by atoms with Gasteiger partial charge in [0.1, 0.15) is 0 Å². The van der Waals surface area contributed by atoms with Crippen molar-refractivity contribution < 1.29 is 0 Å². The van der Waals surface area contributed by atoms with Gasteiger partial charge in [-0.05, 0) is 245 Å². The standard InChI is InChI=1S/2C46H22Cl4/c2*47-39-19-35-36-20-40(48)24-10-2-6-14-28(24)44(36)32-18-34-33(17-31(32)43(35)27-13-5-1-9-23(27)39)45-29-15-7-3-11-25(29)41(49)21-37(45)38-22-42(50)26-12-4-8-16-30(26)46(34)38/h2*1-22H. The van der Waals surface area contributed by atoms with Gasteiger partial charge in [-0.25, -0.2) is 0 Å². The zero-order valence-electron chi connectivity index (χ0n) is 52.4. The van der Waals surface area contributed by atoms with Crippen LogP contribution in [0.15, 0.2) is 267 Å². The highest BCUT2D eigenvalue weighted by atomic mass is 35.5. The van der Waals surface area contributed by atoms with E-state index in [2.05, 4.69) is 267 Å². The van der Waals surface area contributed by atoms with Crippen LogP contribution in [0.5, 0.6) is 0 Å². The van der Waals surface area contributed by atoms with Gasteiger partial charge in [0.25, 0.3) is 0 Å². The van der Waals surface area contributed by atoms with Crippen LogP contribution in [0.3, 0.4) is 0 Å². The molecule has 0 N–H and O–H groups in total. The van der Waals surface area contributed by atoms with E-state index in [1.807, 2.05) is 0 Å². The second-order valence-electron chi connectivity index (χ2n) is 26.5. The topological polar surface area (TPSA) is 0 Å². The van der Waals surface area contributed by atoms with Crippen LogP contribution in [0.2, 0.25) is 40.2 Å². The number of rotatable bonds is 0. The predicted octanol–water partition coefficient (Wildman–Crippen LogP) is 31.7. The van der Waals surface area contributed by atoms with Crippen LogP contribution in [0.1, 0.15) is 0 Å². The van der Waals surface area contributed by atoms with Crippen molar-refractivity contribution in [1.82, 2.24) is 0 Å². The molecule has 0 unspecified atom stereocenters. The third kappa shape index (κ3) is 8.22. The minimum Gasteiger partial charge on any atom is -0.0836 e. The fourth-order valence-corrected chi connectivity index (χ4v) is 19.7. The van der Waals surface area contributed by atoms with E-state index in [1.54, 1.807) is 0 Å². The Bertz CT molecular complexity index is 6280. The Kier molecular flexibility index (Phi) is 13.0. The molecule has 0 nitrogen and oxygen atoms in total. The molecule has 0 aliphatic carbocycles. The summed E-state index contributed by atoms with van der Waals surface area (Å²) < 4.78 is 0. The molecule has 22 rings (SSSR count). The molecule has 0 radical (unpaired) electrons. The summed E-state index contributed by atoms with van der Waals surface area (Å²) in [6.45, 7) is 0. The Balaban J connectivity index is 0.000000131. The van der Waals surface area contributed by atoms with Gasteiger partial charge in [-0.15, -0.1) is 0 Å². The third-order valence-corrected chi connectivity index (χ3v) is 24.1. The quantitative estimate of drug-likeness (QED) is 0.105. The number of halogens is 8. The minimum absolute atomic E-state index is 0.722. The molecule has 0 fully saturated rings. The molecule has 0 atom stereocenters. The summed E-state index contributed by atoms with van der Waals surface area (Å²) in [5, 5.41) is 50.1. The van der Waals surface area contributed by atoms with Crippen LogP contribution in [0.25, 0.3) is 215 Å². The molecular weight excluding hydrogens is 1390 g/mol. The maximum atomic E-state index is 7.08. The van der Waals surface area contributed by atoms with Crippen molar-refractivity contribution in [1.29, 1.82) is 0 Å². The Hall–Kier alpha value is -9.64. The van der Waals surface area contributed by atoms with E-state index in [1.165, 1.54) is 43.1 Å². The van der Waals surface area contributed by atoms with Gasteiger partial charge in [0, 0.05) is 83.3 Å². The van der Waals surface area contributed by atoms with Crippen LogP contribution in [-0.4, -0.2) is 0 Å². The van der Waals surface area contributed by atoms with Gasteiger partial charge in [-0.2, -0.15) is 0 Å². The van der Waals surface area contributed by atoms with Crippen molar-refractivity contribution in [2.75, 3.05) is 0 Å². The fraction of sp³-hybridized carbons (Fsp3) is 0. The first-order valence-electron chi connectivity index (χ1n) is 33.1. The highest BCUT2D eigenvalue weighted by Crippen LogP contribution is 2.54. The molecule has 0 spiro atoms. The molecule has 0 saturated carbocycles. The molecule has 22 aromatic carbocycles. The molecular formula is C92H44Cl8. The van der Waals surface area contributed by atoms with Gasteiger partial charge < -0.3 is 0 Å². The largest absolute Gasteiger partial charge is 0.0836 e. The van der Waals surface area contributed by atoms with Crippen molar-refractivity contribution >= 4 is 308 Å². The Morgan fingerprint density at radius 1 is 0.100 bits per heavy atom. The highest BCUT2D eigenvalue weighted by molar-refractivity contribution is 6.52. The summed E-state index contributed by atoms with van der Waals surface area (Å²) in [7, 11) is 0. The van der Waals surface area contributed by atoms with E-state index in [9.17, 15) is 0 Å². The summed E-state index contributed by atoms with van der Waals surface area (Å²) in [5.41, 5.74) is 0. The van der Waals surface area contributed by atoms with Crippen molar-refractivity contribution in [3.05, 3.63) is 307 Å². The summed E-state index contributed by atoms with van der Waals surface area (Å²) in [6.07, 6.45) is 0. The SMILES string of the molecule is Clc1cc2c3cc(Cl)c4ccccc4c3c3cc4c(cc3c2c2ccccc12)c1c2ccccc2c(Cl)cc1c1cc(Cl)c2ccccc2c14.Clc1cc2c3cc(Cl)c4ccccc4c3c3cc4c(cc3c2c2ccccc12)c1c2ccccc2c(Cl)cc1c1cc(Cl)c2ccccc2c14.